The maximum Gasteiger partial charge on any atom is 0.221 e. The van der Waals surface area contributed by atoms with Crippen LogP contribution in [0.3, 0.4) is 0 Å². The van der Waals surface area contributed by atoms with E-state index in [2.05, 4.69) is 10.6 Å². The van der Waals surface area contributed by atoms with Crippen molar-refractivity contribution >= 4 is 5.91 Å². The average Bonchev–Trinajstić information content (AvgIpc) is 2.39. The Bertz CT molecular complexity index is 271. The molecule has 2 aliphatic rings. The van der Waals surface area contributed by atoms with Gasteiger partial charge in [-0.15, -0.1) is 0 Å². The smallest absolute Gasteiger partial charge is 0.221 e. The van der Waals surface area contributed by atoms with Crippen molar-refractivity contribution in [1.82, 2.24) is 10.6 Å². The Morgan fingerprint density at radius 3 is 2.83 bits per heavy atom. The van der Waals surface area contributed by atoms with Crippen molar-refractivity contribution in [3.8, 4) is 0 Å². The summed E-state index contributed by atoms with van der Waals surface area (Å²) in [4.78, 5) is 11.8. The molecule has 1 aliphatic carbocycles. The molecule has 1 amide bonds. The highest BCUT2D eigenvalue weighted by atomic mass is 16.5. The number of amides is 1. The fourth-order valence-corrected chi connectivity index (χ4v) is 2.70. The second kappa shape index (κ2) is 6.50. The molecular weight excluding hydrogens is 232 g/mol. The normalized spacial score (nSPS) is 27.7. The van der Waals surface area contributed by atoms with Crippen molar-refractivity contribution in [3.63, 3.8) is 0 Å². The Morgan fingerprint density at radius 2 is 2.17 bits per heavy atom. The second-order valence-electron chi connectivity index (χ2n) is 5.49. The maximum atomic E-state index is 11.8. The lowest BCUT2D eigenvalue weighted by molar-refractivity contribution is -0.123. The summed E-state index contributed by atoms with van der Waals surface area (Å²) in [6.45, 7) is 2.51. The van der Waals surface area contributed by atoms with Crippen LogP contribution in [0.15, 0.2) is 0 Å². The highest BCUT2D eigenvalue weighted by Gasteiger charge is 2.29. The molecule has 5 nitrogen and oxygen atoms in total. The van der Waals surface area contributed by atoms with Gasteiger partial charge in [0.05, 0.1) is 18.8 Å². The Hall–Kier alpha value is -0.650. The van der Waals surface area contributed by atoms with Crippen LogP contribution in [0.2, 0.25) is 0 Å². The molecule has 0 aromatic carbocycles. The van der Waals surface area contributed by atoms with Gasteiger partial charge < -0.3 is 20.5 Å². The van der Waals surface area contributed by atoms with Gasteiger partial charge in [0.1, 0.15) is 0 Å². The van der Waals surface area contributed by atoms with E-state index in [0.29, 0.717) is 19.6 Å². The van der Waals surface area contributed by atoms with Crippen molar-refractivity contribution in [2.75, 3.05) is 26.3 Å². The monoisotopic (exact) mass is 256 g/mol. The maximum absolute atomic E-state index is 11.8. The molecule has 18 heavy (non-hydrogen) atoms. The zero-order valence-electron chi connectivity index (χ0n) is 10.9. The van der Waals surface area contributed by atoms with E-state index in [9.17, 15) is 9.90 Å². The van der Waals surface area contributed by atoms with Gasteiger partial charge in [-0.05, 0) is 12.8 Å². The Morgan fingerprint density at radius 1 is 1.39 bits per heavy atom. The summed E-state index contributed by atoms with van der Waals surface area (Å²) in [5.74, 6) is -0.00278. The summed E-state index contributed by atoms with van der Waals surface area (Å²) in [5.41, 5.74) is -0.676. The van der Waals surface area contributed by atoms with Gasteiger partial charge in [0, 0.05) is 25.6 Å². The van der Waals surface area contributed by atoms with Crippen LogP contribution in [0.1, 0.15) is 38.5 Å². The molecule has 0 spiro atoms. The minimum absolute atomic E-state index is 0.00278. The summed E-state index contributed by atoms with van der Waals surface area (Å²) >= 11 is 0. The SMILES string of the molecule is O=C(CC1COCCN1)NCC1(O)CCCCC1. The van der Waals surface area contributed by atoms with Crippen LogP contribution in [-0.4, -0.2) is 49.0 Å². The first-order valence-electron chi connectivity index (χ1n) is 6.98. The highest BCUT2D eigenvalue weighted by molar-refractivity contribution is 5.76. The van der Waals surface area contributed by atoms with Gasteiger partial charge in [-0.1, -0.05) is 19.3 Å². The van der Waals surface area contributed by atoms with Crippen LogP contribution in [0.5, 0.6) is 0 Å². The van der Waals surface area contributed by atoms with E-state index in [1.165, 1.54) is 6.42 Å². The molecule has 1 aliphatic heterocycles. The Balaban J connectivity index is 1.67. The van der Waals surface area contributed by atoms with Crippen molar-refractivity contribution in [1.29, 1.82) is 0 Å². The number of morpholine rings is 1. The number of nitrogens with one attached hydrogen (secondary N) is 2. The van der Waals surface area contributed by atoms with Crippen LogP contribution in [0.25, 0.3) is 0 Å². The molecule has 0 bridgehead atoms. The summed E-state index contributed by atoms with van der Waals surface area (Å²) in [6.07, 6.45) is 5.35. The van der Waals surface area contributed by atoms with Crippen LogP contribution >= 0.6 is 0 Å². The number of hydrogen-bond donors (Lipinski definition) is 3. The number of rotatable bonds is 4. The topological polar surface area (TPSA) is 70.6 Å². The third-order valence-corrected chi connectivity index (χ3v) is 3.83. The van der Waals surface area contributed by atoms with Crippen LogP contribution in [0.4, 0.5) is 0 Å². The standard InChI is InChI=1S/C13H24N2O3/c16-12(8-11-9-18-7-6-14-11)15-10-13(17)4-2-1-3-5-13/h11,14,17H,1-10H2,(H,15,16). The fourth-order valence-electron chi connectivity index (χ4n) is 2.70. The summed E-state index contributed by atoms with van der Waals surface area (Å²) in [7, 11) is 0. The molecular formula is C13H24N2O3. The molecule has 0 aromatic rings. The molecule has 1 unspecified atom stereocenters. The molecule has 0 radical (unpaired) electrons. The number of carbonyl (C=O) groups is 1. The Kier molecular flexibility index (Phi) is 4.97. The van der Waals surface area contributed by atoms with Crippen molar-refractivity contribution in [2.45, 2.75) is 50.2 Å². The number of hydrogen-bond acceptors (Lipinski definition) is 4. The fraction of sp³-hybridized carbons (Fsp3) is 0.923. The summed E-state index contributed by atoms with van der Waals surface area (Å²) in [6, 6.07) is 0.111. The van der Waals surface area contributed by atoms with E-state index < -0.39 is 5.60 Å². The van der Waals surface area contributed by atoms with Crippen LogP contribution in [0, 0.1) is 0 Å². The van der Waals surface area contributed by atoms with E-state index in [0.717, 1.165) is 38.8 Å². The predicted octanol–water partition coefficient (Wildman–Crippen LogP) is 0.176. The van der Waals surface area contributed by atoms with E-state index >= 15 is 0 Å². The van der Waals surface area contributed by atoms with E-state index in [1.807, 2.05) is 0 Å². The lowest BCUT2D eigenvalue weighted by Crippen LogP contribution is -2.47. The number of carbonyl (C=O) groups excluding carboxylic acids is 1. The molecule has 5 heteroatoms. The van der Waals surface area contributed by atoms with E-state index in [1.54, 1.807) is 0 Å². The molecule has 1 heterocycles. The van der Waals surface area contributed by atoms with E-state index in [4.69, 9.17) is 4.74 Å². The van der Waals surface area contributed by atoms with Crippen molar-refractivity contribution in [2.24, 2.45) is 0 Å². The molecule has 3 N–H and O–H groups in total. The molecule has 104 valence electrons. The van der Waals surface area contributed by atoms with Crippen LogP contribution < -0.4 is 10.6 Å². The minimum Gasteiger partial charge on any atom is -0.388 e. The molecule has 0 aromatic heterocycles. The zero-order chi connectivity index (χ0) is 12.8. The first kappa shape index (κ1) is 13.8. The molecule has 1 saturated carbocycles. The van der Waals surface area contributed by atoms with Gasteiger partial charge in [-0.3, -0.25) is 4.79 Å². The van der Waals surface area contributed by atoms with Gasteiger partial charge in [0.2, 0.25) is 5.91 Å². The quantitative estimate of drug-likeness (QED) is 0.671. The molecule has 1 atom stereocenters. The second-order valence-corrected chi connectivity index (χ2v) is 5.49. The van der Waals surface area contributed by atoms with Gasteiger partial charge >= 0.3 is 0 Å². The van der Waals surface area contributed by atoms with Crippen LogP contribution in [-0.2, 0) is 9.53 Å². The van der Waals surface area contributed by atoms with Gasteiger partial charge in [-0.2, -0.15) is 0 Å². The first-order valence-corrected chi connectivity index (χ1v) is 6.98. The lowest BCUT2D eigenvalue weighted by Gasteiger charge is -2.32. The summed E-state index contributed by atoms with van der Waals surface area (Å²) in [5, 5.41) is 16.4. The van der Waals surface area contributed by atoms with Crippen molar-refractivity contribution in [3.05, 3.63) is 0 Å². The van der Waals surface area contributed by atoms with E-state index in [-0.39, 0.29) is 11.9 Å². The lowest BCUT2D eigenvalue weighted by atomic mass is 9.85. The molecule has 1 saturated heterocycles. The average molecular weight is 256 g/mol. The summed E-state index contributed by atoms with van der Waals surface area (Å²) < 4.78 is 5.31. The van der Waals surface area contributed by atoms with Gasteiger partial charge in [-0.25, -0.2) is 0 Å². The Labute approximate surface area is 108 Å². The highest BCUT2D eigenvalue weighted by Crippen LogP contribution is 2.27. The third-order valence-electron chi connectivity index (χ3n) is 3.83. The molecule has 2 fully saturated rings. The number of aliphatic hydroxyl groups is 1. The van der Waals surface area contributed by atoms with Crippen molar-refractivity contribution < 1.29 is 14.6 Å². The zero-order valence-corrected chi connectivity index (χ0v) is 10.9. The predicted molar refractivity (Wildman–Crippen MR) is 68.3 cm³/mol. The van der Waals surface area contributed by atoms with Gasteiger partial charge in [0.25, 0.3) is 0 Å². The molecule has 2 rings (SSSR count). The third kappa shape index (κ3) is 4.23. The first-order chi connectivity index (χ1) is 8.68. The minimum atomic E-state index is -0.676. The number of ether oxygens (including phenoxy) is 1. The van der Waals surface area contributed by atoms with Gasteiger partial charge in [0.15, 0.2) is 0 Å². The largest absolute Gasteiger partial charge is 0.388 e.